The van der Waals surface area contributed by atoms with Crippen LogP contribution in [0.25, 0.3) is 5.70 Å². The Bertz CT molecular complexity index is 593. The zero-order valence-corrected chi connectivity index (χ0v) is 15.3. The second-order valence-corrected chi connectivity index (χ2v) is 6.39. The Hall–Kier alpha value is -2.09. The van der Waals surface area contributed by atoms with Gasteiger partial charge in [-0.05, 0) is 42.7 Å². The molecule has 0 radical (unpaired) electrons. The molecule has 144 valence electrons. The average molecular weight is 365 g/mol. The molecule has 0 aliphatic carbocycles. The lowest BCUT2D eigenvalue weighted by molar-refractivity contribution is -0.271. The predicted octanol–water partition coefficient (Wildman–Crippen LogP) is 2.82. The van der Waals surface area contributed by atoms with Crippen LogP contribution in [0.2, 0.25) is 0 Å². The highest BCUT2D eigenvalue weighted by atomic mass is 16.7. The van der Waals surface area contributed by atoms with Crippen molar-refractivity contribution >= 4 is 11.7 Å². The maximum absolute atomic E-state index is 11.0. The van der Waals surface area contributed by atoms with Crippen molar-refractivity contribution in [1.82, 2.24) is 5.48 Å². The molecule has 2 N–H and O–H groups in total. The van der Waals surface area contributed by atoms with Gasteiger partial charge < -0.3 is 19.3 Å². The van der Waals surface area contributed by atoms with E-state index in [1.54, 1.807) is 7.11 Å². The molecule has 1 aromatic rings. The van der Waals surface area contributed by atoms with Gasteiger partial charge in [-0.25, -0.2) is 4.79 Å². The number of carbonyl (C=O) groups is 1. The van der Waals surface area contributed by atoms with Crippen LogP contribution in [-0.2, 0) is 19.1 Å². The summed E-state index contributed by atoms with van der Waals surface area (Å²) in [5.74, 6) is -1.59. The molecule has 1 saturated heterocycles. The normalized spacial score (nSPS) is 22.6. The Balaban J connectivity index is 1.55. The predicted molar refractivity (Wildman–Crippen MR) is 96.4 cm³/mol. The third kappa shape index (κ3) is 5.72. The average Bonchev–Trinajstić information content (AvgIpc) is 2.65. The first-order valence-electron chi connectivity index (χ1n) is 8.67. The van der Waals surface area contributed by atoms with Gasteiger partial charge in [-0.2, -0.15) is 0 Å². The Morgan fingerprint density at radius 1 is 1.31 bits per heavy atom. The first-order valence-corrected chi connectivity index (χ1v) is 8.67. The molecule has 0 atom stereocenters. The molecular weight excluding hydrogens is 338 g/mol. The van der Waals surface area contributed by atoms with E-state index in [9.17, 15) is 4.79 Å². The Labute approximate surface area is 153 Å². The van der Waals surface area contributed by atoms with Crippen molar-refractivity contribution in [2.24, 2.45) is 5.92 Å². The summed E-state index contributed by atoms with van der Waals surface area (Å²) in [6, 6.07) is 7.55. The monoisotopic (exact) mass is 365 g/mol. The minimum Gasteiger partial charge on any atom is -0.497 e. The number of hydrogen-bond donors (Lipinski definition) is 2. The highest BCUT2D eigenvalue weighted by Crippen LogP contribution is 2.24. The quantitative estimate of drug-likeness (QED) is 0.487. The third-order valence-corrected chi connectivity index (χ3v) is 4.32. The SMILES string of the molecule is C=C(NOCCCCC1COC(C)(C(=O)O)OC1)c1ccc(OC)cc1. The number of rotatable bonds is 10. The van der Waals surface area contributed by atoms with Gasteiger partial charge in [-0.15, -0.1) is 0 Å². The van der Waals surface area contributed by atoms with Crippen LogP contribution in [0, 0.1) is 5.92 Å². The number of aliphatic carboxylic acids is 1. The van der Waals surface area contributed by atoms with Crippen LogP contribution >= 0.6 is 0 Å². The highest BCUT2D eigenvalue weighted by molar-refractivity contribution is 5.75. The molecule has 0 aromatic heterocycles. The van der Waals surface area contributed by atoms with Crippen molar-refractivity contribution < 1.29 is 28.9 Å². The number of benzene rings is 1. The molecule has 0 saturated carbocycles. The summed E-state index contributed by atoms with van der Waals surface area (Å²) < 4.78 is 15.8. The molecule has 0 amide bonds. The lowest BCUT2D eigenvalue weighted by Gasteiger charge is -2.34. The van der Waals surface area contributed by atoms with Crippen LogP contribution < -0.4 is 10.2 Å². The summed E-state index contributed by atoms with van der Waals surface area (Å²) in [5, 5.41) is 9.02. The Morgan fingerprint density at radius 3 is 2.54 bits per heavy atom. The second-order valence-electron chi connectivity index (χ2n) is 6.39. The number of carboxylic acids is 1. The summed E-state index contributed by atoms with van der Waals surface area (Å²) in [5.41, 5.74) is 4.47. The van der Waals surface area contributed by atoms with E-state index in [1.807, 2.05) is 24.3 Å². The lowest BCUT2D eigenvalue weighted by Crippen LogP contribution is -2.47. The number of hydrogen-bond acceptors (Lipinski definition) is 6. The van der Waals surface area contributed by atoms with E-state index in [1.165, 1.54) is 6.92 Å². The van der Waals surface area contributed by atoms with E-state index in [0.717, 1.165) is 30.6 Å². The van der Waals surface area contributed by atoms with Crippen molar-refractivity contribution in [1.29, 1.82) is 0 Å². The van der Waals surface area contributed by atoms with Crippen LogP contribution in [0.4, 0.5) is 0 Å². The minimum absolute atomic E-state index is 0.213. The van der Waals surface area contributed by atoms with Crippen LogP contribution in [0.15, 0.2) is 30.8 Å². The van der Waals surface area contributed by atoms with E-state index >= 15 is 0 Å². The molecule has 0 bridgehead atoms. The summed E-state index contributed by atoms with van der Waals surface area (Å²) >= 11 is 0. The highest BCUT2D eigenvalue weighted by Gasteiger charge is 2.40. The number of carboxylic acid groups (broad SMARTS) is 1. The molecule has 1 fully saturated rings. The third-order valence-electron chi connectivity index (χ3n) is 4.32. The van der Waals surface area contributed by atoms with Gasteiger partial charge in [0.1, 0.15) is 5.75 Å². The van der Waals surface area contributed by atoms with Gasteiger partial charge in [0.25, 0.3) is 5.79 Å². The van der Waals surface area contributed by atoms with Crippen molar-refractivity contribution in [2.45, 2.75) is 32.0 Å². The van der Waals surface area contributed by atoms with E-state index in [2.05, 4.69) is 12.1 Å². The van der Waals surface area contributed by atoms with Crippen molar-refractivity contribution in [2.75, 3.05) is 26.9 Å². The van der Waals surface area contributed by atoms with Gasteiger partial charge in [-0.3, -0.25) is 10.3 Å². The van der Waals surface area contributed by atoms with Gasteiger partial charge in [0.15, 0.2) is 0 Å². The van der Waals surface area contributed by atoms with E-state index < -0.39 is 11.8 Å². The number of nitrogens with one attached hydrogen (secondary N) is 1. The summed E-state index contributed by atoms with van der Waals surface area (Å²) in [6.07, 6.45) is 2.71. The fourth-order valence-corrected chi connectivity index (χ4v) is 2.53. The molecule has 1 aliphatic rings. The molecule has 1 aliphatic heterocycles. The van der Waals surface area contributed by atoms with E-state index in [-0.39, 0.29) is 5.92 Å². The maximum atomic E-state index is 11.0. The zero-order chi connectivity index (χ0) is 19.0. The molecule has 26 heavy (non-hydrogen) atoms. The first kappa shape index (κ1) is 20.2. The van der Waals surface area contributed by atoms with E-state index in [4.69, 9.17) is 24.2 Å². The number of unbranched alkanes of at least 4 members (excludes halogenated alkanes) is 1. The van der Waals surface area contributed by atoms with Gasteiger partial charge in [0, 0.05) is 12.8 Å². The van der Waals surface area contributed by atoms with Crippen LogP contribution in [0.3, 0.4) is 0 Å². The first-order chi connectivity index (χ1) is 12.4. The number of methoxy groups -OCH3 is 1. The molecule has 7 heteroatoms. The Kier molecular flexibility index (Phi) is 7.44. The fraction of sp³-hybridized carbons (Fsp3) is 0.526. The molecule has 0 unspecified atom stereocenters. The number of ether oxygens (including phenoxy) is 3. The van der Waals surface area contributed by atoms with Crippen LogP contribution in [0.5, 0.6) is 5.75 Å². The van der Waals surface area contributed by atoms with Crippen molar-refractivity contribution in [3.05, 3.63) is 36.4 Å². The molecule has 7 nitrogen and oxygen atoms in total. The van der Waals surface area contributed by atoms with Gasteiger partial charge in [-0.1, -0.05) is 13.0 Å². The summed E-state index contributed by atoms with van der Waals surface area (Å²) in [7, 11) is 1.63. The standard InChI is InChI=1S/C19H27NO6/c1-14(16-7-9-17(23-3)10-8-16)20-26-11-5-4-6-15-12-24-19(2,18(21)22)25-13-15/h7-10,15,20H,1,4-6,11-13H2,2-3H3,(H,21,22). The maximum Gasteiger partial charge on any atom is 0.364 e. The smallest absolute Gasteiger partial charge is 0.364 e. The van der Waals surface area contributed by atoms with E-state index in [0.29, 0.717) is 25.5 Å². The van der Waals surface area contributed by atoms with Gasteiger partial charge >= 0.3 is 5.97 Å². The summed E-state index contributed by atoms with van der Waals surface area (Å²) in [6.45, 7) is 6.72. The fourth-order valence-electron chi connectivity index (χ4n) is 2.53. The molecular formula is C19H27NO6. The van der Waals surface area contributed by atoms with Crippen LogP contribution in [0.1, 0.15) is 31.7 Å². The largest absolute Gasteiger partial charge is 0.497 e. The Morgan fingerprint density at radius 2 is 1.96 bits per heavy atom. The topological polar surface area (TPSA) is 86.3 Å². The number of hydroxylamine groups is 1. The van der Waals surface area contributed by atoms with Gasteiger partial charge in [0.2, 0.25) is 0 Å². The molecule has 0 spiro atoms. The molecule has 1 aromatic carbocycles. The van der Waals surface area contributed by atoms with Crippen molar-refractivity contribution in [3.8, 4) is 5.75 Å². The minimum atomic E-state index is -1.51. The van der Waals surface area contributed by atoms with Crippen LogP contribution in [-0.4, -0.2) is 43.8 Å². The lowest BCUT2D eigenvalue weighted by atomic mass is 10.0. The molecule has 2 rings (SSSR count). The molecule has 1 heterocycles. The second kappa shape index (κ2) is 9.56. The summed E-state index contributed by atoms with van der Waals surface area (Å²) in [4.78, 5) is 16.5. The zero-order valence-electron chi connectivity index (χ0n) is 15.3. The van der Waals surface area contributed by atoms with Gasteiger partial charge in [0.05, 0.1) is 32.6 Å². The van der Waals surface area contributed by atoms with Crippen molar-refractivity contribution in [3.63, 3.8) is 0 Å².